The Morgan fingerprint density at radius 2 is 1.57 bits per heavy atom. The summed E-state index contributed by atoms with van der Waals surface area (Å²) in [6, 6.07) is 1.25. The van der Waals surface area contributed by atoms with Gasteiger partial charge in [0.15, 0.2) is 0 Å². The van der Waals surface area contributed by atoms with Crippen molar-refractivity contribution >= 4 is 0 Å². The fraction of sp³-hybridized carbons (Fsp3) is 1.00. The lowest BCUT2D eigenvalue weighted by atomic mass is 9.97. The number of ether oxygens (including phenoxy) is 1. The van der Waals surface area contributed by atoms with Gasteiger partial charge in [0.1, 0.15) is 0 Å². The van der Waals surface area contributed by atoms with Crippen molar-refractivity contribution in [1.29, 1.82) is 0 Å². The van der Waals surface area contributed by atoms with Gasteiger partial charge in [-0.2, -0.15) is 0 Å². The van der Waals surface area contributed by atoms with Crippen molar-refractivity contribution in [3.05, 3.63) is 0 Å². The summed E-state index contributed by atoms with van der Waals surface area (Å²) in [4.78, 5) is 0. The van der Waals surface area contributed by atoms with E-state index in [1.54, 1.807) is 0 Å². The van der Waals surface area contributed by atoms with Crippen LogP contribution in [0, 0.1) is 5.92 Å². The molecule has 0 radical (unpaired) electrons. The summed E-state index contributed by atoms with van der Waals surface area (Å²) in [6.45, 7) is 11.2. The van der Waals surface area contributed by atoms with Crippen LogP contribution in [0.1, 0.15) is 47.5 Å². The average molecular weight is 199 g/mol. The molecule has 1 N–H and O–H groups in total. The molecule has 0 aliphatic carbocycles. The van der Waals surface area contributed by atoms with E-state index in [9.17, 15) is 0 Å². The van der Waals surface area contributed by atoms with E-state index in [-0.39, 0.29) is 0 Å². The molecule has 0 spiro atoms. The molecule has 84 valence electrons. The number of nitrogens with one attached hydrogen (secondary N) is 1. The predicted molar refractivity (Wildman–Crippen MR) is 60.5 cm³/mol. The zero-order valence-electron chi connectivity index (χ0n) is 10.2. The van der Waals surface area contributed by atoms with Crippen LogP contribution in [-0.2, 0) is 4.74 Å². The second-order valence-electron chi connectivity index (χ2n) is 5.13. The summed E-state index contributed by atoms with van der Waals surface area (Å²) in [6.07, 6.45) is 3.13. The van der Waals surface area contributed by atoms with Gasteiger partial charge in [-0.3, -0.25) is 0 Å². The first-order valence-corrected chi connectivity index (χ1v) is 5.90. The Kier molecular flexibility index (Phi) is 4.39. The van der Waals surface area contributed by atoms with Gasteiger partial charge in [0.2, 0.25) is 0 Å². The summed E-state index contributed by atoms with van der Waals surface area (Å²) in [5.74, 6) is 0.712. The Bertz CT molecular complexity index is 160. The molecular weight excluding hydrogens is 174 g/mol. The maximum absolute atomic E-state index is 5.72. The van der Waals surface area contributed by atoms with E-state index in [2.05, 4.69) is 39.9 Å². The molecule has 0 amide bonds. The van der Waals surface area contributed by atoms with Crippen molar-refractivity contribution in [1.82, 2.24) is 5.32 Å². The predicted octanol–water partition coefficient (Wildman–Crippen LogP) is 2.58. The number of hydrogen-bond donors (Lipinski definition) is 1. The van der Waals surface area contributed by atoms with E-state index in [0.717, 1.165) is 12.8 Å². The molecule has 3 atom stereocenters. The van der Waals surface area contributed by atoms with Crippen molar-refractivity contribution in [2.24, 2.45) is 5.92 Å². The second-order valence-corrected chi connectivity index (χ2v) is 5.13. The largest absolute Gasteiger partial charge is 0.375 e. The standard InChI is InChI=1S/C12H25NO/c1-8(2)11(5)13-12-6-9(3)14-10(4)7-12/h8-13H,6-7H2,1-5H3/t9-,10-,11-/m0/s1. The molecule has 1 heterocycles. The molecule has 1 fully saturated rings. The third kappa shape index (κ3) is 3.58. The summed E-state index contributed by atoms with van der Waals surface area (Å²) < 4.78 is 5.72. The van der Waals surface area contributed by atoms with Crippen LogP contribution in [0.2, 0.25) is 0 Å². The molecule has 0 unspecified atom stereocenters. The van der Waals surface area contributed by atoms with Crippen molar-refractivity contribution < 1.29 is 4.74 Å². The van der Waals surface area contributed by atoms with Gasteiger partial charge in [-0.25, -0.2) is 0 Å². The highest BCUT2D eigenvalue weighted by molar-refractivity contribution is 4.81. The highest BCUT2D eigenvalue weighted by atomic mass is 16.5. The van der Waals surface area contributed by atoms with Crippen LogP contribution in [-0.4, -0.2) is 24.3 Å². The molecular formula is C12H25NO. The molecule has 14 heavy (non-hydrogen) atoms. The van der Waals surface area contributed by atoms with Crippen LogP contribution >= 0.6 is 0 Å². The first-order chi connectivity index (χ1) is 6.49. The fourth-order valence-corrected chi connectivity index (χ4v) is 2.11. The first-order valence-electron chi connectivity index (χ1n) is 5.90. The monoisotopic (exact) mass is 199 g/mol. The molecule has 1 saturated heterocycles. The lowest BCUT2D eigenvalue weighted by molar-refractivity contribution is -0.0439. The third-order valence-electron chi connectivity index (χ3n) is 3.20. The Morgan fingerprint density at radius 1 is 1.07 bits per heavy atom. The molecule has 0 bridgehead atoms. The Labute approximate surface area is 88.4 Å². The molecule has 0 aromatic rings. The SMILES string of the molecule is CC(C)[C@H](C)NC1C[C@H](C)O[C@@H](C)C1. The smallest absolute Gasteiger partial charge is 0.0565 e. The Hall–Kier alpha value is -0.0800. The van der Waals surface area contributed by atoms with Crippen LogP contribution in [0.25, 0.3) is 0 Å². The van der Waals surface area contributed by atoms with Gasteiger partial charge < -0.3 is 10.1 Å². The molecule has 0 aromatic heterocycles. The quantitative estimate of drug-likeness (QED) is 0.754. The minimum absolute atomic E-state index is 0.413. The highest BCUT2D eigenvalue weighted by Crippen LogP contribution is 2.20. The van der Waals surface area contributed by atoms with Crippen LogP contribution in [0.4, 0.5) is 0 Å². The van der Waals surface area contributed by atoms with Gasteiger partial charge >= 0.3 is 0 Å². The summed E-state index contributed by atoms with van der Waals surface area (Å²) >= 11 is 0. The minimum atomic E-state index is 0.413. The van der Waals surface area contributed by atoms with Gasteiger partial charge in [-0.15, -0.1) is 0 Å². The Morgan fingerprint density at radius 3 is 2.00 bits per heavy atom. The average Bonchev–Trinajstić information content (AvgIpc) is 2.01. The second kappa shape index (κ2) is 5.13. The molecule has 1 rings (SSSR count). The summed E-state index contributed by atoms with van der Waals surface area (Å²) in [5.41, 5.74) is 0. The van der Waals surface area contributed by atoms with E-state index >= 15 is 0 Å². The van der Waals surface area contributed by atoms with Gasteiger partial charge in [-0.05, 0) is 39.5 Å². The highest BCUT2D eigenvalue weighted by Gasteiger charge is 2.25. The summed E-state index contributed by atoms with van der Waals surface area (Å²) in [5, 5.41) is 3.70. The number of hydrogen-bond acceptors (Lipinski definition) is 2. The molecule has 1 aliphatic rings. The fourth-order valence-electron chi connectivity index (χ4n) is 2.11. The van der Waals surface area contributed by atoms with Crippen molar-refractivity contribution in [2.45, 2.75) is 71.8 Å². The van der Waals surface area contributed by atoms with Gasteiger partial charge in [-0.1, -0.05) is 13.8 Å². The van der Waals surface area contributed by atoms with Gasteiger partial charge in [0.05, 0.1) is 12.2 Å². The lowest BCUT2D eigenvalue weighted by Crippen LogP contribution is -2.46. The van der Waals surface area contributed by atoms with Crippen LogP contribution in [0.15, 0.2) is 0 Å². The molecule has 0 saturated carbocycles. The minimum Gasteiger partial charge on any atom is -0.375 e. The maximum atomic E-state index is 5.72. The van der Waals surface area contributed by atoms with Crippen molar-refractivity contribution in [2.75, 3.05) is 0 Å². The topological polar surface area (TPSA) is 21.3 Å². The number of rotatable bonds is 3. The van der Waals surface area contributed by atoms with Gasteiger partial charge in [0.25, 0.3) is 0 Å². The van der Waals surface area contributed by atoms with Crippen LogP contribution in [0.3, 0.4) is 0 Å². The van der Waals surface area contributed by atoms with E-state index in [4.69, 9.17) is 4.74 Å². The van der Waals surface area contributed by atoms with Gasteiger partial charge in [0, 0.05) is 12.1 Å². The van der Waals surface area contributed by atoms with E-state index in [1.807, 2.05) is 0 Å². The zero-order valence-corrected chi connectivity index (χ0v) is 10.2. The molecule has 0 aromatic carbocycles. The van der Waals surface area contributed by atoms with E-state index in [1.165, 1.54) is 0 Å². The lowest BCUT2D eigenvalue weighted by Gasteiger charge is -2.35. The normalized spacial score (nSPS) is 36.0. The van der Waals surface area contributed by atoms with E-state index < -0.39 is 0 Å². The van der Waals surface area contributed by atoms with Crippen molar-refractivity contribution in [3.8, 4) is 0 Å². The Balaban J connectivity index is 2.36. The summed E-state index contributed by atoms with van der Waals surface area (Å²) in [7, 11) is 0. The van der Waals surface area contributed by atoms with Crippen LogP contribution < -0.4 is 5.32 Å². The zero-order chi connectivity index (χ0) is 10.7. The maximum Gasteiger partial charge on any atom is 0.0565 e. The molecule has 2 nitrogen and oxygen atoms in total. The van der Waals surface area contributed by atoms with E-state index in [0.29, 0.717) is 30.2 Å². The first kappa shape index (κ1) is 12.0. The van der Waals surface area contributed by atoms with Crippen LogP contribution in [0.5, 0.6) is 0 Å². The van der Waals surface area contributed by atoms with Crippen molar-refractivity contribution in [3.63, 3.8) is 0 Å². The third-order valence-corrected chi connectivity index (χ3v) is 3.20. The molecule has 1 aliphatic heterocycles. The molecule has 2 heteroatoms.